The summed E-state index contributed by atoms with van der Waals surface area (Å²) in [6.45, 7) is 0.179. The van der Waals surface area contributed by atoms with Gasteiger partial charge >= 0.3 is 6.09 Å². The van der Waals surface area contributed by atoms with Crippen LogP contribution in [0.25, 0.3) is 0 Å². The fraction of sp³-hybridized carbons (Fsp3) is 0.400. The third kappa shape index (κ3) is 7.82. The number of benzene rings is 1. The third-order valence-corrected chi connectivity index (χ3v) is 2.96. The largest absolute Gasteiger partial charge is 0.445 e. The number of nitrogens with two attached hydrogens (primary N) is 2. The maximum absolute atomic E-state index is 11.9. The summed E-state index contributed by atoms with van der Waals surface area (Å²) in [5, 5.41) is 4.81. The predicted molar refractivity (Wildman–Crippen MR) is 84.0 cm³/mol. The van der Waals surface area contributed by atoms with Crippen molar-refractivity contribution in [2.45, 2.75) is 25.5 Å². The highest BCUT2D eigenvalue weighted by atomic mass is 16.5. The lowest BCUT2D eigenvalue weighted by Gasteiger charge is -2.17. The van der Waals surface area contributed by atoms with E-state index in [9.17, 15) is 14.4 Å². The molecule has 0 fully saturated rings. The number of alkyl carbamates (subject to hydrolysis) is 1. The van der Waals surface area contributed by atoms with E-state index in [1.165, 1.54) is 0 Å². The second-order valence-corrected chi connectivity index (χ2v) is 4.87. The number of hydrogen-bond donors (Lipinski definition) is 4. The molecule has 0 bridgehead atoms. The molecule has 0 aliphatic heterocycles. The molecule has 23 heavy (non-hydrogen) atoms. The highest BCUT2D eigenvalue weighted by Crippen LogP contribution is 2.02. The molecule has 8 nitrogen and oxygen atoms in total. The van der Waals surface area contributed by atoms with Crippen LogP contribution in [0.1, 0.15) is 18.4 Å². The van der Waals surface area contributed by atoms with E-state index in [2.05, 4.69) is 10.6 Å². The van der Waals surface area contributed by atoms with Gasteiger partial charge in [0.25, 0.3) is 0 Å². The van der Waals surface area contributed by atoms with E-state index in [1.54, 1.807) is 0 Å². The van der Waals surface area contributed by atoms with Gasteiger partial charge in [-0.25, -0.2) is 4.79 Å². The molecule has 3 amide bonds. The zero-order valence-corrected chi connectivity index (χ0v) is 12.8. The van der Waals surface area contributed by atoms with Crippen LogP contribution in [0.4, 0.5) is 4.79 Å². The van der Waals surface area contributed by atoms with Crippen LogP contribution in [0.2, 0.25) is 0 Å². The minimum atomic E-state index is -0.832. The number of hydrogen-bond acceptors (Lipinski definition) is 5. The summed E-state index contributed by atoms with van der Waals surface area (Å²) in [4.78, 5) is 34.4. The maximum Gasteiger partial charge on any atom is 0.408 e. The predicted octanol–water partition coefficient (Wildman–Crippen LogP) is -0.378. The molecule has 0 heterocycles. The van der Waals surface area contributed by atoms with E-state index in [4.69, 9.17) is 16.2 Å². The summed E-state index contributed by atoms with van der Waals surface area (Å²) in [6, 6.07) is 8.32. The van der Waals surface area contributed by atoms with Crippen LogP contribution in [0, 0.1) is 0 Å². The number of nitrogens with one attached hydrogen (secondary N) is 2. The smallest absolute Gasteiger partial charge is 0.408 e. The lowest BCUT2D eigenvalue weighted by atomic mass is 10.1. The van der Waals surface area contributed by atoms with E-state index in [0.717, 1.165) is 5.56 Å². The van der Waals surface area contributed by atoms with Crippen molar-refractivity contribution in [3.63, 3.8) is 0 Å². The summed E-state index contributed by atoms with van der Waals surface area (Å²) >= 11 is 0. The molecule has 126 valence electrons. The Balaban J connectivity index is 2.49. The minimum Gasteiger partial charge on any atom is -0.445 e. The molecule has 6 N–H and O–H groups in total. The highest BCUT2D eigenvalue weighted by molar-refractivity contribution is 5.88. The average Bonchev–Trinajstić information content (AvgIpc) is 2.55. The maximum atomic E-state index is 11.9. The monoisotopic (exact) mass is 322 g/mol. The average molecular weight is 322 g/mol. The molecule has 0 spiro atoms. The molecule has 1 aromatic rings. The number of carbonyl (C=O) groups excluding carboxylic acids is 3. The molecule has 0 saturated carbocycles. The Morgan fingerprint density at radius 2 is 1.87 bits per heavy atom. The minimum absolute atomic E-state index is 0.0964. The van der Waals surface area contributed by atoms with E-state index >= 15 is 0 Å². The fourth-order valence-electron chi connectivity index (χ4n) is 1.80. The number of amides is 3. The van der Waals surface area contributed by atoms with Gasteiger partial charge in [-0.05, 0) is 24.9 Å². The zero-order valence-electron chi connectivity index (χ0n) is 12.8. The SMILES string of the molecule is NCCC[C@H](NC(=O)OCc1ccccc1)C(=O)NCC(N)=O. The first-order valence-electron chi connectivity index (χ1n) is 7.26. The standard InChI is InChI=1S/C15H22N4O4/c16-8-4-7-12(14(21)18-9-13(17)20)19-15(22)23-10-11-5-2-1-3-6-11/h1-3,5-6,12H,4,7-10,16H2,(H2,17,20)(H,18,21)(H,19,22)/t12-/m0/s1. The van der Waals surface area contributed by atoms with Crippen LogP contribution in [-0.4, -0.2) is 37.0 Å². The van der Waals surface area contributed by atoms with Crippen LogP contribution in [0.3, 0.4) is 0 Å². The first-order chi connectivity index (χ1) is 11.0. The van der Waals surface area contributed by atoms with Gasteiger partial charge in [-0.15, -0.1) is 0 Å². The molecule has 0 saturated heterocycles. The number of carbonyl (C=O) groups is 3. The molecule has 0 aliphatic carbocycles. The summed E-state index contributed by atoms with van der Waals surface area (Å²) in [5.74, 6) is -1.17. The first-order valence-corrected chi connectivity index (χ1v) is 7.26. The molecule has 0 unspecified atom stereocenters. The molecular weight excluding hydrogens is 300 g/mol. The summed E-state index contributed by atoms with van der Waals surface area (Å²) in [7, 11) is 0. The van der Waals surface area contributed by atoms with Crippen LogP contribution >= 0.6 is 0 Å². The van der Waals surface area contributed by atoms with Gasteiger partial charge in [-0.1, -0.05) is 30.3 Å². The van der Waals surface area contributed by atoms with Crippen LogP contribution in [0.15, 0.2) is 30.3 Å². The Morgan fingerprint density at radius 1 is 1.17 bits per heavy atom. The lowest BCUT2D eigenvalue weighted by Crippen LogP contribution is -2.48. The van der Waals surface area contributed by atoms with Crippen molar-refractivity contribution in [1.82, 2.24) is 10.6 Å². The van der Waals surface area contributed by atoms with Gasteiger partial charge in [0.15, 0.2) is 0 Å². The fourth-order valence-corrected chi connectivity index (χ4v) is 1.80. The van der Waals surface area contributed by atoms with E-state index in [-0.39, 0.29) is 13.2 Å². The van der Waals surface area contributed by atoms with Crippen molar-refractivity contribution < 1.29 is 19.1 Å². The van der Waals surface area contributed by atoms with Gasteiger partial charge in [0.1, 0.15) is 12.6 Å². The van der Waals surface area contributed by atoms with Crippen molar-refractivity contribution in [1.29, 1.82) is 0 Å². The van der Waals surface area contributed by atoms with Gasteiger partial charge in [0, 0.05) is 0 Å². The highest BCUT2D eigenvalue weighted by Gasteiger charge is 2.21. The van der Waals surface area contributed by atoms with E-state index in [0.29, 0.717) is 19.4 Å². The topological polar surface area (TPSA) is 137 Å². The van der Waals surface area contributed by atoms with Gasteiger partial charge in [0.05, 0.1) is 6.54 Å². The zero-order chi connectivity index (χ0) is 17.1. The van der Waals surface area contributed by atoms with Crippen molar-refractivity contribution in [3.05, 3.63) is 35.9 Å². The van der Waals surface area contributed by atoms with Gasteiger partial charge in [-0.2, -0.15) is 0 Å². The second kappa shape index (κ2) is 10.2. The molecule has 0 aromatic heterocycles. The molecule has 1 rings (SSSR count). The Bertz CT molecular complexity index is 521. The number of rotatable bonds is 9. The summed E-state index contributed by atoms with van der Waals surface area (Å²) < 4.78 is 5.06. The molecule has 8 heteroatoms. The Kier molecular flexibility index (Phi) is 8.16. The molecular formula is C15H22N4O4. The number of primary amides is 1. The van der Waals surface area contributed by atoms with Crippen molar-refractivity contribution >= 4 is 17.9 Å². The van der Waals surface area contributed by atoms with Crippen molar-refractivity contribution in [3.8, 4) is 0 Å². The normalized spacial score (nSPS) is 11.3. The molecule has 0 aliphatic rings. The van der Waals surface area contributed by atoms with Crippen LogP contribution in [-0.2, 0) is 20.9 Å². The van der Waals surface area contributed by atoms with Gasteiger partial charge in [0.2, 0.25) is 11.8 Å². The lowest BCUT2D eigenvalue weighted by molar-refractivity contribution is -0.126. The van der Waals surface area contributed by atoms with Crippen LogP contribution < -0.4 is 22.1 Å². The van der Waals surface area contributed by atoms with E-state index < -0.39 is 23.9 Å². The Labute approximate surface area is 134 Å². The Hall–Kier alpha value is -2.61. The third-order valence-electron chi connectivity index (χ3n) is 2.96. The second-order valence-electron chi connectivity index (χ2n) is 4.87. The molecule has 0 radical (unpaired) electrons. The van der Waals surface area contributed by atoms with Crippen LogP contribution in [0.5, 0.6) is 0 Å². The summed E-state index contributed by atoms with van der Waals surface area (Å²) in [6.07, 6.45) is 0.153. The quantitative estimate of drug-likeness (QED) is 0.491. The van der Waals surface area contributed by atoms with Gasteiger partial charge < -0.3 is 26.8 Å². The van der Waals surface area contributed by atoms with E-state index in [1.807, 2.05) is 30.3 Å². The molecule has 1 atom stereocenters. The van der Waals surface area contributed by atoms with Gasteiger partial charge in [-0.3, -0.25) is 9.59 Å². The van der Waals surface area contributed by atoms with Crippen molar-refractivity contribution in [2.24, 2.45) is 11.5 Å². The number of ether oxygens (including phenoxy) is 1. The molecule has 1 aromatic carbocycles. The Morgan fingerprint density at radius 3 is 2.48 bits per heavy atom. The summed E-state index contributed by atoms with van der Waals surface area (Å²) in [5.41, 5.74) is 11.2. The van der Waals surface area contributed by atoms with Crippen molar-refractivity contribution in [2.75, 3.05) is 13.1 Å². The first kappa shape index (κ1) is 18.4.